The van der Waals surface area contributed by atoms with Gasteiger partial charge in [0.2, 0.25) is 0 Å². The van der Waals surface area contributed by atoms with E-state index in [9.17, 15) is 14.9 Å². The van der Waals surface area contributed by atoms with Gasteiger partial charge in [-0.25, -0.2) is 4.79 Å². The smallest absolute Gasteiger partial charge is 0.435 e. The van der Waals surface area contributed by atoms with E-state index < -0.39 is 11.0 Å². The molecule has 2 rings (SSSR count). The second kappa shape index (κ2) is 7.26. The lowest BCUT2D eigenvalue weighted by molar-refractivity contribution is -0.384. The quantitative estimate of drug-likeness (QED) is 0.304. The number of non-ortho nitro benzene ring substituents is 1. The van der Waals surface area contributed by atoms with Crippen molar-refractivity contribution < 1.29 is 14.5 Å². The largest absolute Gasteiger partial charge is 0.443 e. The number of hydrogen-bond acceptors (Lipinski definition) is 5. The summed E-state index contributed by atoms with van der Waals surface area (Å²) in [5.41, 5.74) is 0.669. The Kier molecular flexibility index (Phi) is 5.37. The fourth-order valence-corrected chi connectivity index (χ4v) is 2.44. The molecule has 0 saturated carbocycles. The minimum Gasteiger partial charge on any atom is -0.443 e. The summed E-state index contributed by atoms with van der Waals surface area (Å²) in [7, 11) is 0. The van der Waals surface area contributed by atoms with E-state index in [1.54, 1.807) is 19.1 Å². The second-order valence-corrected chi connectivity index (χ2v) is 5.76. The van der Waals surface area contributed by atoms with Crippen molar-refractivity contribution in [1.82, 2.24) is 4.90 Å². The van der Waals surface area contributed by atoms with Crippen molar-refractivity contribution in [3.05, 3.63) is 39.9 Å². The first-order valence-corrected chi connectivity index (χ1v) is 7.35. The molecule has 1 saturated heterocycles. The number of carbonyl (C=O) groups excluding carboxylic acids is 1. The molecular formula is C14H17N3O4S. The van der Waals surface area contributed by atoms with Gasteiger partial charge in [0.15, 0.2) is 0 Å². The summed E-state index contributed by atoms with van der Waals surface area (Å²) in [5.74, 6) is 0.616. The first-order valence-electron chi connectivity index (χ1n) is 6.84. The zero-order valence-electron chi connectivity index (χ0n) is 12.1. The molecule has 0 bridgehead atoms. The summed E-state index contributed by atoms with van der Waals surface area (Å²) in [6, 6.07) is 5.84. The number of rotatable bonds is 3. The Bertz CT molecular complexity index is 588. The number of nitro groups is 1. The molecule has 7 nitrogen and oxygen atoms in total. The zero-order valence-corrected chi connectivity index (χ0v) is 13.0. The van der Waals surface area contributed by atoms with Crippen LogP contribution in [-0.4, -0.2) is 40.1 Å². The highest BCUT2D eigenvalue weighted by Gasteiger charge is 2.20. The van der Waals surface area contributed by atoms with E-state index >= 15 is 0 Å². The van der Waals surface area contributed by atoms with E-state index in [0.29, 0.717) is 16.6 Å². The number of ether oxygens (including phenoxy) is 1. The van der Waals surface area contributed by atoms with E-state index in [0.717, 1.165) is 19.5 Å². The third-order valence-electron chi connectivity index (χ3n) is 3.38. The third kappa shape index (κ3) is 4.45. The number of thiol groups is 1. The van der Waals surface area contributed by atoms with Gasteiger partial charge in [-0.2, -0.15) is 17.6 Å². The van der Waals surface area contributed by atoms with E-state index in [4.69, 9.17) is 4.74 Å². The van der Waals surface area contributed by atoms with Gasteiger partial charge in [-0.3, -0.25) is 10.1 Å². The lowest BCUT2D eigenvalue weighted by atomic mass is 10.2. The fraction of sp³-hybridized carbons (Fsp3) is 0.429. The number of benzene rings is 1. The van der Waals surface area contributed by atoms with Crippen molar-refractivity contribution in [1.29, 1.82) is 0 Å². The third-order valence-corrected chi connectivity index (χ3v) is 3.81. The van der Waals surface area contributed by atoms with Crippen molar-refractivity contribution in [3.8, 4) is 0 Å². The van der Waals surface area contributed by atoms with Crippen LogP contribution in [0.1, 0.15) is 18.9 Å². The van der Waals surface area contributed by atoms with Crippen LogP contribution in [0, 0.1) is 10.1 Å². The SMILES string of the molecule is CC(=NC(=O)OCc1ccc([N+](=O)[O-])cc1)N1CCC(S)C1. The number of amidine groups is 1. The Hall–Kier alpha value is -2.09. The average Bonchev–Trinajstić information content (AvgIpc) is 2.92. The van der Waals surface area contributed by atoms with Crippen molar-refractivity contribution >= 4 is 30.2 Å². The molecule has 0 spiro atoms. The van der Waals surface area contributed by atoms with Gasteiger partial charge in [0.05, 0.1) is 4.92 Å². The molecular weight excluding hydrogens is 306 g/mol. The first-order chi connectivity index (χ1) is 10.5. The molecule has 1 aliphatic rings. The van der Waals surface area contributed by atoms with Gasteiger partial charge < -0.3 is 9.64 Å². The summed E-state index contributed by atoms with van der Waals surface area (Å²) in [4.78, 5) is 27.6. The molecule has 1 heterocycles. The summed E-state index contributed by atoms with van der Waals surface area (Å²) in [6.45, 7) is 3.40. The maximum atomic E-state index is 11.7. The zero-order chi connectivity index (χ0) is 16.1. The van der Waals surface area contributed by atoms with Gasteiger partial charge >= 0.3 is 6.09 Å². The highest BCUT2D eigenvalue weighted by atomic mass is 32.1. The van der Waals surface area contributed by atoms with Crippen molar-refractivity contribution in [2.24, 2.45) is 4.99 Å². The first kappa shape index (κ1) is 16.3. The molecule has 1 atom stereocenters. The average molecular weight is 323 g/mol. The molecule has 22 heavy (non-hydrogen) atoms. The minimum absolute atomic E-state index is 0.000663. The predicted molar refractivity (Wildman–Crippen MR) is 85.4 cm³/mol. The molecule has 0 aromatic heterocycles. The van der Waals surface area contributed by atoms with Crippen LogP contribution in [0.15, 0.2) is 29.3 Å². The Morgan fingerprint density at radius 1 is 1.50 bits per heavy atom. The van der Waals surface area contributed by atoms with E-state index in [1.165, 1.54) is 12.1 Å². The van der Waals surface area contributed by atoms with E-state index in [-0.39, 0.29) is 12.3 Å². The number of hydrogen-bond donors (Lipinski definition) is 1. The summed E-state index contributed by atoms with van der Waals surface area (Å²) >= 11 is 4.39. The van der Waals surface area contributed by atoms with Gasteiger partial charge in [-0.05, 0) is 31.0 Å². The molecule has 118 valence electrons. The maximum Gasteiger partial charge on any atom is 0.435 e. The molecule has 1 aromatic rings. The van der Waals surface area contributed by atoms with Crippen LogP contribution in [-0.2, 0) is 11.3 Å². The number of likely N-dealkylation sites (tertiary alicyclic amines) is 1. The Balaban J connectivity index is 1.85. The Labute approximate surface area is 133 Å². The summed E-state index contributed by atoms with van der Waals surface area (Å²) < 4.78 is 5.04. The van der Waals surface area contributed by atoms with E-state index in [2.05, 4.69) is 17.6 Å². The molecule has 1 amide bonds. The molecule has 0 aliphatic carbocycles. The Morgan fingerprint density at radius 2 is 2.18 bits per heavy atom. The molecule has 0 N–H and O–H groups in total. The molecule has 8 heteroatoms. The van der Waals surface area contributed by atoms with Gasteiger partial charge in [0, 0.05) is 30.5 Å². The second-order valence-electron chi connectivity index (χ2n) is 5.03. The van der Waals surface area contributed by atoms with Crippen LogP contribution >= 0.6 is 12.6 Å². The number of carbonyl (C=O) groups is 1. The summed E-state index contributed by atoms with van der Waals surface area (Å²) in [5, 5.41) is 10.8. The molecule has 1 aliphatic heterocycles. The fourth-order valence-electron chi connectivity index (χ4n) is 2.13. The van der Waals surface area contributed by atoms with E-state index in [1.807, 2.05) is 4.90 Å². The number of aliphatic imine (C=N–C) groups is 1. The number of amides is 1. The standard InChI is InChI=1S/C14H17N3O4S/c1-10(16-7-6-13(22)8-16)15-14(18)21-9-11-2-4-12(5-3-11)17(19)20/h2-5,13,22H,6-9H2,1H3. The van der Waals surface area contributed by atoms with Gasteiger partial charge in [-0.15, -0.1) is 0 Å². The monoisotopic (exact) mass is 323 g/mol. The lowest BCUT2D eigenvalue weighted by Crippen LogP contribution is -2.27. The molecule has 1 fully saturated rings. The Morgan fingerprint density at radius 3 is 2.73 bits per heavy atom. The lowest BCUT2D eigenvalue weighted by Gasteiger charge is -2.16. The molecule has 0 radical (unpaired) electrons. The van der Waals surface area contributed by atoms with Crippen LogP contribution in [0.3, 0.4) is 0 Å². The topological polar surface area (TPSA) is 85.0 Å². The maximum absolute atomic E-state index is 11.7. The van der Waals surface area contributed by atoms with Crippen molar-refractivity contribution in [2.75, 3.05) is 13.1 Å². The normalized spacial score (nSPS) is 18.4. The van der Waals surface area contributed by atoms with Crippen molar-refractivity contribution in [3.63, 3.8) is 0 Å². The van der Waals surface area contributed by atoms with Gasteiger partial charge in [0.25, 0.3) is 5.69 Å². The predicted octanol–water partition coefficient (Wildman–Crippen LogP) is 2.65. The van der Waals surface area contributed by atoms with Crippen LogP contribution in [0.25, 0.3) is 0 Å². The van der Waals surface area contributed by atoms with Gasteiger partial charge in [0.1, 0.15) is 12.4 Å². The molecule has 1 aromatic carbocycles. The summed E-state index contributed by atoms with van der Waals surface area (Å²) in [6.07, 6.45) is 0.298. The van der Waals surface area contributed by atoms with Crippen LogP contribution in [0.5, 0.6) is 0 Å². The van der Waals surface area contributed by atoms with Crippen LogP contribution in [0.2, 0.25) is 0 Å². The number of nitro benzene ring substituents is 1. The van der Waals surface area contributed by atoms with Crippen molar-refractivity contribution in [2.45, 2.75) is 25.2 Å². The van der Waals surface area contributed by atoms with Gasteiger partial charge in [-0.1, -0.05) is 0 Å². The van der Waals surface area contributed by atoms with Crippen LogP contribution in [0.4, 0.5) is 10.5 Å². The highest BCUT2D eigenvalue weighted by molar-refractivity contribution is 7.81. The number of nitrogens with zero attached hydrogens (tertiary/aromatic N) is 3. The highest BCUT2D eigenvalue weighted by Crippen LogP contribution is 2.15. The minimum atomic E-state index is -0.668. The molecule has 1 unspecified atom stereocenters. The van der Waals surface area contributed by atoms with Crippen LogP contribution < -0.4 is 0 Å².